The maximum Gasteiger partial charge on any atom is 0.330 e. The van der Waals surface area contributed by atoms with E-state index in [0.717, 1.165) is 30.0 Å². The summed E-state index contributed by atoms with van der Waals surface area (Å²) in [5, 5.41) is 3.06. The normalized spacial score (nSPS) is 11.0. The third kappa shape index (κ3) is 3.87. The average molecular weight is 351 g/mol. The summed E-state index contributed by atoms with van der Waals surface area (Å²) in [6, 6.07) is 0. The van der Waals surface area contributed by atoms with Gasteiger partial charge in [0.25, 0.3) is 5.56 Å². The van der Waals surface area contributed by atoms with Gasteiger partial charge in [-0.2, -0.15) is 0 Å². The number of nitrogens with zero attached hydrogens (tertiary/aromatic N) is 3. The highest BCUT2D eigenvalue weighted by atomic mass is 32.1. The second-order valence-corrected chi connectivity index (χ2v) is 6.54. The van der Waals surface area contributed by atoms with Gasteiger partial charge in [0, 0.05) is 18.5 Å². The van der Waals surface area contributed by atoms with E-state index in [1.54, 1.807) is 11.3 Å². The molecule has 132 valence electrons. The van der Waals surface area contributed by atoms with Crippen LogP contribution in [0.2, 0.25) is 0 Å². The van der Waals surface area contributed by atoms with Crippen molar-refractivity contribution in [3.8, 4) is 0 Å². The first-order valence-electron chi connectivity index (χ1n) is 8.32. The van der Waals surface area contributed by atoms with Gasteiger partial charge in [0.05, 0.1) is 17.2 Å². The summed E-state index contributed by atoms with van der Waals surface area (Å²) in [4.78, 5) is 33.2. The molecule has 0 bridgehead atoms. The number of aryl methyl sites for hydroxylation is 1. The van der Waals surface area contributed by atoms with Crippen LogP contribution in [0, 0.1) is 0 Å². The highest BCUT2D eigenvalue weighted by Crippen LogP contribution is 2.20. The molecule has 2 aromatic rings. The molecule has 0 unspecified atom stereocenters. The maximum absolute atomic E-state index is 12.3. The Morgan fingerprint density at radius 3 is 2.67 bits per heavy atom. The zero-order valence-electron chi connectivity index (χ0n) is 14.5. The van der Waals surface area contributed by atoms with Crippen molar-refractivity contribution in [3.05, 3.63) is 36.9 Å². The van der Waals surface area contributed by atoms with Gasteiger partial charge in [0.2, 0.25) is 0 Å². The number of aromatic amines is 1. The molecule has 2 aromatic heterocycles. The number of hydrogen-bond donors (Lipinski definition) is 2. The number of aromatic nitrogens is 3. The number of H-pyrrole nitrogens is 1. The minimum absolute atomic E-state index is 0.227. The molecule has 2 rings (SSSR count). The molecule has 3 N–H and O–H groups in total. The topological polar surface area (TPSA) is 97.0 Å². The van der Waals surface area contributed by atoms with Crippen LogP contribution in [0.25, 0.3) is 0 Å². The van der Waals surface area contributed by atoms with Gasteiger partial charge in [-0.15, -0.1) is 11.3 Å². The SMILES string of the molecule is CCCCn1c(N)c(N(CC)Cc2csc(CC)n2)c(=O)[nH]c1=O. The van der Waals surface area contributed by atoms with Crippen molar-refractivity contribution in [2.75, 3.05) is 17.2 Å². The number of thiazole rings is 1. The Labute approximate surface area is 145 Å². The van der Waals surface area contributed by atoms with Crippen LogP contribution in [0.1, 0.15) is 44.3 Å². The van der Waals surface area contributed by atoms with Crippen molar-refractivity contribution < 1.29 is 0 Å². The summed E-state index contributed by atoms with van der Waals surface area (Å²) < 4.78 is 1.45. The van der Waals surface area contributed by atoms with Gasteiger partial charge < -0.3 is 10.6 Å². The van der Waals surface area contributed by atoms with Crippen LogP contribution in [0.4, 0.5) is 11.5 Å². The number of nitrogen functional groups attached to an aromatic ring is 1. The molecule has 0 saturated carbocycles. The molecule has 0 amide bonds. The standard InChI is InChI=1S/C16H25N5O2S/c1-4-7-8-21-14(17)13(15(22)19-16(21)23)20(6-3)9-11-10-24-12(5-2)18-11/h10H,4-9,17H2,1-3H3,(H,19,22,23). The molecule has 0 radical (unpaired) electrons. The molecule has 2 heterocycles. The van der Waals surface area contributed by atoms with Crippen LogP contribution in [-0.2, 0) is 19.5 Å². The fourth-order valence-electron chi connectivity index (χ4n) is 2.55. The molecule has 0 saturated heterocycles. The zero-order chi connectivity index (χ0) is 17.7. The third-order valence-corrected chi connectivity index (χ3v) is 4.94. The van der Waals surface area contributed by atoms with Crippen molar-refractivity contribution in [1.29, 1.82) is 0 Å². The highest BCUT2D eigenvalue weighted by Gasteiger charge is 2.18. The van der Waals surface area contributed by atoms with Crippen LogP contribution >= 0.6 is 11.3 Å². The third-order valence-electron chi connectivity index (χ3n) is 3.90. The Hall–Kier alpha value is -2.09. The molecular formula is C16H25N5O2S. The van der Waals surface area contributed by atoms with Crippen LogP contribution in [0.3, 0.4) is 0 Å². The summed E-state index contributed by atoms with van der Waals surface area (Å²) in [6.07, 6.45) is 2.66. The number of anilines is 2. The zero-order valence-corrected chi connectivity index (χ0v) is 15.3. The fourth-order valence-corrected chi connectivity index (χ4v) is 3.29. The molecule has 0 atom stereocenters. The van der Waals surface area contributed by atoms with Gasteiger partial charge in [0.1, 0.15) is 11.5 Å². The Bertz CT molecular complexity index is 792. The fraction of sp³-hybridized carbons (Fsp3) is 0.562. The summed E-state index contributed by atoms with van der Waals surface area (Å²) in [5.74, 6) is 0.227. The first-order valence-corrected chi connectivity index (χ1v) is 9.20. The second-order valence-electron chi connectivity index (χ2n) is 5.60. The van der Waals surface area contributed by atoms with Gasteiger partial charge in [-0.1, -0.05) is 20.3 Å². The summed E-state index contributed by atoms with van der Waals surface area (Å²) in [5.41, 5.74) is 6.53. The van der Waals surface area contributed by atoms with Crippen molar-refractivity contribution in [2.24, 2.45) is 0 Å². The molecule has 24 heavy (non-hydrogen) atoms. The Kier molecular flexibility index (Phi) is 6.19. The molecular weight excluding hydrogens is 326 g/mol. The molecule has 0 aliphatic heterocycles. The largest absolute Gasteiger partial charge is 0.383 e. The van der Waals surface area contributed by atoms with E-state index in [1.807, 2.05) is 24.1 Å². The number of nitrogens with two attached hydrogens (primary N) is 1. The first kappa shape index (κ1) is 18.3. The highest BCUT2D eigenvalue weighted by molar-refractivity contribution is 7.09. The predicted molar refractivity (Wildman–Crippen MR) is 98.9 cm³/mol. The minimum atomic E-state index is -0.451. The predicted octanol–water partition coefficient (Wildman–Crippen LogP) is 1.96. The summed E-state index contributed by atoms with van der Waals surface area (Å²) in [7, 11) is 0. The number of hydrogen-bond acceptors (Lipinski definition) is 6. The van der Waals surface area contributed by atoms with E-state index in [2.05, 4.69) is 16.9 Å². The molecule has 0 aromatic carbocycles. The lowest BCUT2D eigenvalue weighted by Crippen LogP contribution is -2.38. The number of nitrogens with one attached hydrogen (secondary N) is 1. The van der Waals surface area contributed by atoms with Gasteiger partial charge in [-0.25, -0.2) is 9.78 Å². The first-order chi connectivity index (χ1) is 11.5. The lowest BCUT2D eigenvalue weighted by atomic mass is 10.3. The lowest BCUT2D eigenvalue weighted by Gasteiger charge is -2.24. The van der Waals surface area contributed by atoms with E-state index in [9.17, 15) is 9.59 Å². The van der Waals surface area contributed by atoms with E-state index in [1.165, 1.54) is 4.57 Å². The van der Waals surface area contributed by atoms with Crippen molar-refractivity contribution in [1.82, 2.24) is 14.5 Å². The van der Waals surface area contributed by atoms with Crippen molar-refractivity contribution in [2.45, 2.75) is 53.1 Å². The van der Waals surface area contributed by atoms with Gasteiger partial charge in [-0.05, 0) is 19.8 Å². The molecule has 7 nitrogen and oxygen atoms in total. The monoisotopic (exact) mass is 351 g/mol. The van der Waals surface area contributed by atoms with Gasteiger partial charge in [0.15, 0.2) is 0 Å². The van der Waals surface area contributed by atoms with Gasteiger partial charge >= 0.3 is 5.69 Å². The van der Waals surface area contributed by atoms with E-state index >= 15 is 0 Å². The Morgan fingerprint density at radius 2 is 2.08 bits per heavy atom. The second kappa shape index (κ2) is 8.14. The summed E-state index contributed by atoms with van der Waals surface area (Å²) >= 11 is 1.61. The van der Waals surface area contributed by atoms with E-state index in [-0.39, 0.29) is 5.82 Å². The number of unbranched alkanes of at least 4 members (excludes halogenated alkanes) is 1. The van der Waals surface area contributed by atoms with Crippen LogP contribution in [0.5, 0.6) is 0 Å². The van der Waals surface area contributed by atoms with E-state index < -0.39 is 11.2 Å². The van der Waals surface area contributed by atoms with E-state index in [0.29, 0.717) is 25.3 Å². The molecule has 0 aliphatic rings. The summed E-state index contributed by atoms with van der Waals surface area (Å²) in [6.45, 7) is 7.64. The van der Waals surface area contributed by atoms with Crippen LogP contribution in [-0.4, -0.2) is 21.1 Å². The smallest absolute Gasteiger partial charge is 0.330 e. The van der Waals surface area contributed by atoms with Crippen molar-refractivity contribution in [3.63, 3.8) is 0 Å². The lowest BCUT2D eigenvalue weighted by molar-refractivity contribution is 0.602. The number of rotatable bonds is 8. The van der Waals surface area contributed by atoms with Crippen LogP contribution < -0.4 is 21.9 Å². The molecule has 0 aliphatic carbocycles. The van der Waals surface area contributed by atoms with Gasteiger partial charge in [-0.3, -0.25) is 14.3 Å². The Balaban J connectivity index is 2.39. The quantitative estimate of drug-likeness (QED) is 0.758. The van der Waals surface area contributed by atoms with Crippen molar-refractivity contribution >= 4 is 22.8 Å². The molecule has 0 fully saturated rings. The van der Waals surface area contributed by atoms with Crippen LogP contribution in [0.15, 0.2) is 15.0 Å². The maximum atomic E-state index is 12.3. The van der Waals surface area contributed by atoms with E-state index in [4.69, 9.17) is 5.73 Å². The molecule has 8 heteroatoms. The minimum Gasteiger partial charge on any atom is -0.383 e. The molecule has 0 spiro atoms. The Morgan fingerprint density at radius 1 is 1.33 bits per heavy atom. The average Bonchev–Trinajstić information content (AvgIpc) is 3.01.